The highest BCUT2D eigenvalue weighted by Gasteiger charge is 2.34. The van der Waals surface area contributed by atoms with Crippen LogP contribution in [0.3, 0.4) is 0 Å². The zero-order chi connectivity index (χ0) is 16.5. The minimum Gasteiger partial charge on any atom is -0.269 e. The Bertz CT molecular complexity index is 930. The Hall–Kier alpha value is -2.93. The summed E-state index contributed by atoms with van der Waals surface area (Å²) in [5, 5.41) is 14.6. The SMILES string of the molecule is CC1=NN(c2ccccc2)C(=O)[C@H]1N=Nc1nc2ccccc2s1. The number of amides is 1. The second-order valence-electron chi connectivity index (χ2n) is 5.31. The van der Waals surface area contributed by atoms with Gasteiger partial charge in [-0.3, -0.25) is 4.79 Å². The molecule has 0 saturated carbocycles. The average Bonchev–Trinajstić information content (AvgIpc) is 3.14. The number of benzene rings is 2. The summed E-state index contributed by atoms with van der Waals surface area (Å²) in [4.78, 5) is 16.9. The van der Waals surface area contributed by atoms with Gasteiger partial charge in [0.1, 0.15) is 0 Å². The molecule has 3 aromatic rings. The molecule has 0 saturated heterocycles. The molecular weight excluding hydrogens is 322 g/mol. The van der Waals surface area contributed by atoms with Gasteiger partial charge in [-0.1, -0.05) is 41.7 Å². The van der Waals surface area contributed by atoms with Crippen molar-refractivity contribution < 1.29 is 4.79 Å². The van der Waals surface area contributed by atoms with Crippen molar-refractivity contribution in [3.8, 4) is 0 Å². The summed E-state index contributed by atoms with van der Waals surface area (Å²) in [6, 6.07) is 16.4. The third-order valence-electron chi connectivity index (χ3n) is 3.64. The minimum absolute atomic E-state index is 0.205. The van der Waals surface area contributed by atoms with Crippen LogP contribution in [-0.4, -0.2) is 22.6 Å². The van der Waals surface area contributed by atoms with Crippen molar-refractivity contribution in [3.05, 3.63) is 54.6 Å². The molecule has 1 aliphatic rings. The topological polar surface area (TPSA) is 70.3 Å². The zero-order valence-electron chi connectivity index (χ0n) is 12.8. The highest BCUT2D eigenvalue weighted by molar-refractivity contribution is 7.21. The van der Waals surface area contributed by atoms with Crippen LogP contribution in [-0.2, 0) is 4.79 Å². The maximum atomic E-state index is 12.6. The fourth-order valence-corrected chi connectivity index (χ4v) is 3.25. The second kappa shape index (κ2) is 5.93. The smallest absolute Gasteiger partial charge is 0.269 e. The highest BCUT2D eigenvalue weighted by Crippen LogP contribution is 2.29. The van der Waals surface area contributed by atoms with Crippen molar-refractivity contribution in [3.63, 3.8) is 0 Å². The first kappa shape index (κ1) is 14.6. The normalized spacial score (nSPS) is 17.9. The summed E-state index contributed by atoms with van der Waals surface area (Å²) in [6.07, 6.45) is 0. The van der Waals surface area contributed by atoms with E-state index in [4.69, 9.17) is 0 Å². The van der Waals surface area contributed by atoms with Crippen LogP contribution in [0.2, 0.25) is 0 Å². The van der Waals surface area contributed by atoms with Gasteiger partial charge in [-0.2, -0.15) is 15.2 Å². The van der Waals surface area contributed by atoms with Crippen LogP contribution in [0, 0.1) is 0 Å². The number of fused-ring (bicyclic) bond motifs is 1. The number of rotatable bonds is 3. The molecule has 0 fully saturated rings. The molecule has 0 bridgehead atoms. The Morgan fingerprint density at radius 3 is 2.62 bits per heavy atom. The van der Waals surface area contributed by atoms with Gasteiger partial charge in [0.05, 0.1) is 21.6 Å². The van der Waals surface area contributed by atoms with E-state index < -0.39 is 6.04 Å². The first-order valence-corrected chi connectivity index (χ1v) is 8.24. The molecule has 0 aliphatic carbocycles. The lowest BCUT2D eigenvalue weighted by atomic mass is 10.2. The lowest BCUT2D eigenvalue weighted by Gasteiger charge is -2.11. The molecule has 7 heteroatoms. The first-order chi connectivity index (χ1) is 11.7. The molecule has 0 radical (unpaired) electrons. The predicted octanol–water partition coefficient (Wildman–Crippen LogP) is 4.17. The molecule has 0 N–H and O–H groups in total. The quantitative estimate of drug-likeness (QED) is 0.674. The van der Waals surface area contributed by atoms with E-state index in [1.54, 1.807) is 6.92 Å². The Morgan fingerprint density at radius 1 is 1.08 bits per heavy atom. The molecule has 1 aromatic heterocycles. The third-order valence-corrected chi connectivity index (χ3v) is 4.56. The number of azo groups is 1. The number of nitrogens with zero attached hydrogens (tertiary/aromatic N) is 5. The number of hydrogen-bond acceptors (Lipinski definition) is 6. The Labute approximate surface area is 142 Å². The van der Waals surface area contributed by atoms with Gasteiger partial charge in [0.25, 0.3) is 5.91 Å². The van der Waals surface area contributed by atoms with Crippen molar-refractivity contribution in [2.45, 2.75) is 13.0 Å². The average molecular weight is 335 g/mol. The van der Waals surface area contributed by atoms with E-state index in [-0.39, 0.29) is 5.91 Å². The fraction of sp³-hybridized carbons (Fsp3) is 0.118. The van der Waals surface area contributed by atoms with E-state index in [1.165, 1.54) is 16.3 Å². The van der Waals surface area contributed by atoms with Crippen molar-refractivity contribution in [2.75, 3.05) is 5.01 Å². The van der Waals surface area contributed by atoms with Crippen LogP contribution in [0.25, 0.3) is 10.2 Å². The lowest BCUT2D eigenvalue weighted by Crippen LogP contribution is -2.29. The number of hydrazone groups is 1. The molecule has 0 spiro atoms. The lowest BCUT2D eigenvalue weighted by molar-refractivity contribution is -0.117. The standard InChI is InChI=1S/C17H13N5OS/c1-11-15(16(23)22(21-11)12-7-3-2-4-8-12)19-20-17-18-13-9-5-6-10-14(13)24-17/h2-10,15H,1H3/t15-/m0/s1. The third kappa shape index (κ3) is 2.59. The maximum Gasteiger partial charge on any atom is 0.280 e. The summed E-state index contributed by atoms with van der Waals surface area (Å²) in [5.41, 5.74) is 2.22. The molecular formula is C17H13N5OS. The molecule has 1 aliphatic heterocycles. The van der Waals surface area contributed by atoms with E-state index in [1.807, 2.05) is 54.6 Å². The summed E-state index contributed by atoms with van der Waals surface area (Å²) in [7, 11) is 0. The number of carbonyl (C=O) groups is 1. The van der Waals surface area contributed by atoms with Crippen LogP contribution in [0.1, 0.15) is 6.92 Å². The summed E-state index contributed by atoms with van der Waals surface area (Å²) >= 11 is 1.44. The van der Waals surface area contributed by atoms with Crippen LogP contribution in [0.4, 0.5) is 10.8 Å². The van der Waals surface area contributed by atoms with Gasteiger partial charge in [-0.25, -0.2) is 4.98 Å². The Kier molecular flexibility index (Phi) is 3.62. The van der Waals surface area contributed by atoms with Gasteiger partial charge in [-0.15, -0.1) is 5.11 Å². The molecule has 6 nitrogen and oxygen atoms in total. The summed E-state index contributed by atoms with van der Waals surface area (Å²) < 4.78 is 1.04. The van der Waals surface area contributed by atoms with Crippen LogP contribution < -0.4 is 5.01 Å². The number of carbonyl (C=O) groups excluding carboxylic acids is 1. The summed E-state index contributed by atoms with van der Waals surface area (Å²) in [6.45, 7) is 1.78. The van der Waals surface area contributed by atoms with Gasteiger partial charge in [0.2, 0.25) is 5.13 Å². The molecule has 0 unspecified atom stereocenters. The van der Waals surface area contributed by atoms with E-state index in [2.05, 4.69) is 20.3 Å². The van der Waals surface area contributed by atoms with E-state index in [9.17, 15) is 4.79 Å². The van der Waals surface area contributed by atoms with Crippen molar-refractivity contribution in [2.24, 2.45) is 15.3 Å². The van der Waals surface area contributed by atoms with Crippen LogP contribution >= 0.6 is 11.3 Å². The monoisotopic (exact) mass is 335 g/mol. The molecule has 24 heavy (non-hydrogen) atoms. The van der Waals surface area contributed by atoms with Gasteiger partial charge >= 0.3 is 0 Å². The molecule has 4 rings (SSSR count). The number of anilines is 1. The molecule has 2 heterocycles. The summed E-state index contributed by atoms with van der Waals surface area (Å²) in [5.74, 6) is -0.205. The molecule has 1 atom stereocenters. The minimum atomic E-state index is -0.697. The number of aromatic nitrogens is 1. The first-order valence-electron chi connectivity index (χ1n) is 7.43. The maximum absolute atomic E-state index is 12.6. The molecule has 2 aromatic carbocycles. The Balaban J connectivity index is 1.58. The zero-order valence-corrected chi connectivity index (χ0v) is 13.6. The van der Waals surface area contributed by atoms with E-state index in [0.717, 1.165) is 15.9 Å². The van der Waals surface area contributed by atoms with Crippen LogP contribution in [0.15, 0.2) is 69.9 Å². The number of para-hydroxylation sites is 2. The second-order valence-corrected chi connectivity index (χ2v) is 6.32. The van der Waals surface area contributed by atoms with Crippen molar-refractivity contribution in [1.82, 2.24) is 4.98 Å². The van der Waals surface area contributed by atoms with Gasteiger partial charge in [0, 0.05) is 0 Å². The van der Waals surface area contributed by atoms with Gasteiger partial charge < -0.3 is 0 Å². The molecule has 1 amide bonds. The molecule has 118 valence electrons. The van der Waals surface area contributed by atoms with Crippen molar-refractivity contribution >= 4 is 44.0 Å². The Morgan fingerprint density at radius 2 is 1.83 bits per heavy atom. The largest absolute Gasteiger partial charge is 0.280 e. The fourth-order valence-electron chi connectivity index (χ4n) is 2.45. The predicted molar refractivity (Wildman–Crippen MR) is 95.0 cm³/mol. The van der Waals surface area contributed by atoms with E-state index in [0.29, 0.717) is 10.8 Å². The highest BCUT2D eigenvalue weighted by atomic mass is 32.1. The van der Waals surface area contributed by atoms with Crippen LogP contribution in [0.5, 0.6) is 0 Å². The van der Waals surface area contributed by atoms with E-state index >= 15 is 0 Å². The van der Waals surface area contributed by atoms with Gasteiger partial charge in [-0.05, 0) is 31.2 Å². The number of hydrogen-bond donors (Lipinski definition) is 0. The number of thiazole rings is 1. The van der Waals surface area contributed by atoms with Crippen molar-refractivity contribution in [1.29, 1.82) is 0 Å². The van der Waals surface area contributed by atoms with Gasteiger partial charge in [0.15, 0.2) is 6.04 Å².